The molecule has 0 saturated carbocycles. The second-order valence-corrected chi connectivity index (χ2v) is 13.1. The van der Waals surface area contributed by atoms with Crippen LogP contribution in [0.4, 0.5) is 0 Å². The van der Waals surface area contributed by atoms with E-state index in [-0.39, 0.29) is 11.9 Å². The molecule has 0 rings (SSSR count). The minimum atomic E-state index is -0.0709. The fourth-order valence-corrected chi connectivity index (χ4v) is 5.66. The van der Waals surface area contributed by atoms with Crippen LogP contribution in [-0.4, -0.2) is 61.2 Å². The number of carbonyl (C=O) groups excluding carboxylic acids is 2. The smallest absolute Gasteiger partial charge is 0.325 e. The third-order valence-electron chi connectivity index (χ3n) is 8.97. The van der Waals surface area contributed by atoms with Gasteiger partial charge in [-0.2, -0.15) is 0 Å². The molecule has 0 saturated heterocycles. The van der Waals surface area contributed by atoms with Crippen LogP contribution in [-0.2, 0) is 19.2 Å². The van der Waals surface area contributed by atoms with Gasteiger partial charge in [-0.25, -0.2) is 0 Å². The number of hydrogen-bond acceptors (Lipinski definition) is 6. The lowest BCUT2D eigenvalue weighted by Crippen LogP contribution is -2.27. The highest BCUT2D eigenvalue weighted by Gasteiger charge is 2.08. The van der Waals surface area contributed by atoms with Gasteiger partial charge >= 0.3 is 11.9 Å². The van der Waals surface area contributed by atoms with Gasteiger partial charge in [-0.3, -0.25) is 9.59 Å². The number of carbonyl (C=O) groups is 2. The summed E-state index contributed by atoms with van der Waals surface area (Å²) in [6.45, 7) is 17.8. The van der Waals surface area contributed by atoms with Gasteiger partial charge in [0, 0.05) is 32.5 Å². The Morgan fingerprint density at radius 2 is 0.739 bits per heavy atom. The molecule has 0 heterocycles. The van der Waals surface area contributed by atoms with Crippen LogP contribution >= 0.6 is 0 Å². The van der Waals surface area contributed by atoms with Gasteiger partial charge in [0.05, 0.1) is 0 Å². The van der Waals surface area contributed by atoms with Crippen molar-refractivity contribution >= 4 is 11.9 Å². The van der Waals surface area contributed by atoms with E-state index in [1.54, 1.807) is 5.06 Å². The molecule has 0 radical (unpaired) electrons. The molecule has 0 aliphatic rings. The van der Waals surface area contributed by atoms with E-state index < -0.39 is 0 Å². The SMILES string of the molecule is CCCCCCCCCCCC(=O)OCCN(CC)CC.CCCCCCCCCCCCCCCCCC(=O)ON(CC)CC. The number of likely N-dealkylation sites (N-methyl/N-ethyl adjacent to an activating group) is 1. The van der Waals surface area contributed by atoms with Gasteiger partial charge in [0.1, 0.15) is 6.61 Å². The fourth-order valence-electron chi connectivity index (χ4n) is 5.66. The lowest BCUT2D eigenvalue weighted by Gasteiger charge is -2.17. The first-order chi connectivity index (χ1) is 22.5. The molecule has 0 aliphatic carbocycles. The zero-order chi connectivity index (χ0) is 34.4. The average molecular weight is 655 g/mol. The molecule has 0 bridgehead atoms. The Morgan fingerprint density at radius 1 is 0.413 bits per heavy atom. The average Bonchev–Trinajstić information content (AvgIpc) is 3.06. The van der Waals surface area contributed by atoms with Gasteiger partial charge in [-0.15, -0.1) is 5.06 Å². The summed E-state index contributed by atoms with van der Waals surface area (Å²) in [4.78, 5) is 30.7. The highest BCUT2D eigenvalue weighted by molar-refractivity contribution is 5.69. The van der Waals surface area contributed by atoms with E-state index in [9.17, 15) is 9.59 Å². The second kappa shape index (κ2) is 40.0. The number of hydroxylamine groups is 2. The molecule has 0 unspecified atom stereocenters. The molecular weight excluding hydrogens is 572 g/mol. The van der Waals surface area contributed by atoms with E-state index >= 15 is 0 Å². The lowest BCUT2D eigenvalue weighted by atomic mass is 10.0. The summed E-state index contributed by atoms with van der Waals surface area (Å²) in [5.41, 5.74) is 0. The molecule has 0 aromatic carbocycles. The van der Waals surface area contributed by atoms with Gasteiger partial charge in [0.2, 0.25) is 0 Å². The predicted octanol–water partition coefficient (Wildman–Crippen LogP) is 11.8. The maximum Gasteiger partial charge on any atom is 0.325 e. The molecule has 0 N–H and O–H groups in total. The summed E-state index contributed by atoms with van der Waals surface area (Å²) in [7, 11) is 0. The highest BCUT2D eigenvalue weighted by Crippen LogP contribution is 2.14. The first-order valence-electron chi connectivity index (χ1n) is 20.3. The maximum atomic E-state index is 11.6. The fraction of sp³-hybridized carbons (Fsp3) is 0.950. The molecule has 0 aromatic heterocycles. The molecule has 0 aliphatic heterocycles. The monoisotopic (exact) mass is 655 g/mol. The topological polar surface area (TPSA) is 59.1 Å². The van der Waals surface area contributed by atoms with Crippen LogP contribution in [0.1, 0.15) is 208 Å². The molecule has 6 nitrogen and oxygen atoms in total. The Kier molecular flexibility index (Phi) is 40.9. The van der Waals surface area contributed by atoms with Crippen molar-refractivity contribution in [3.8, 4) is 0 Å². The van der Waals surface area contributed by atoms with Crippen molar-refractivity contribution in [2.75, 3.05) is 39.3 Å². The summed E-state index contributed by atoms with van der Waals surface area (Å²) in [5, 5.41) is 1.72. The van der Waals surface area contributed by atoms with E-state index in [2.05, 4.69) is 32.6 Å². The van der Waals surface area contributed by atoms with Crippen LogP contribution in [0.3, 0.4) is 0 Å². The molecule has 0 spiro atoms. The molecule has 0 amide bonds. The zero-order valence-corrected chi connectivity index (χ0v) is 32.2. The van der Waals surface area contributed by atoms with E-state index in [0.29, 0.717) is 19.4 Å². The Hall–Kier alpha value is -1.14. The van der Waals surface area contributed by atoms with E-state index in [1.807, 2.05) is 13.8 Å². The predicted molar refractivity (Wildman–Crippen MR) is 199 cm³/mol. The molecule has 6 heteroatoms. The summed E-state index contributed by atoms with van der Waals surface area (Å²) >= 11 is 0. The van der Waals surface area contributed by atoms with Gasteiger partial charge in [-0.05, 0) is 39.8 Å². The number of ether oxygens (including phenoxy) is 1. The van der Waals surface area contributed by atoms with Crippen LogP contribution < -0.4 is 0 Å². The number of nitrogens with zero attached hydrogens (tertiary/aromatic N) is 2. The summed E-state index contributed by atoms with van der Waals surface area (Å²) in [5.74, 6) is -0.0940. The summed E-state index contributed by atoms with van der Waals surface area (Å²) in [6, 6.07) is 0. The molecule has 46 heavy (non-hydrogen) atoms. The number of esters is 1. The van der Waals surface area contributed by atoms with Crippen LogP contribution in [0.2, 0.25) is 0 Å². The third-order valence-corrected chi connectivity index (χ3v) is 8.97. The Labute approximate surface area is 288 Å². The van der Waals surface area contributed by atoms with E-state index in [1.165, 1.54) is 135 Å². The summed E-state index contributed by atoms with van der Waals surface area (Å²) < 4.78 is 5.27. The van der Waals surface area contributed by atoms with E-state index in [0.717, 1.165) is 52.0 Å². The number of rotatable bonds is 34. The van der Waals surface area contributed by atoms with Crippen molar-refractivity contribution in [3.63, 3.8) is 0 Å². The van der Waals surface area contributed by atoms with Crippen molar-refractivity contribution < 1.29 is 19.2 Å². The lowest BCUT2D eigenvalue weighted by molar-refractivity contribution is -0.188. The van der Waals surface area contributed by atoms with Gasteiger partial charge in [-0.1, -0.05) is 169 Å². The van der Waals surface area contributed by atoms with Crippen molar-refractivity contribution in [2.24, 2.45) is 0 Å². The number of hydrogen-bond donors (Lipinski definition) is 0. The van der Waals surface area contributed by atoms with Gasteiger partial charge in [0.25, 0.3) is 0 Å². The van der Waals surface area contributed by atoms with Crippen LogP contribution in [0.25, 0.3) is 0 Å². The van der Waals surface area contributed by atoms with Gasteiger partial charge in [0.15, 0.2) is 0 Å². The van der Waals surface area contributed by atoms with Crippen LogP contribution in [0, 0.1) is 0 Å². The molecule has 276 valence electrons. The van der Waals surface area contributed by atoms with Crippen molar-refractivity contribution in [1.29, 1.82) is 0 Å². The molecule has 0 fully saturated rings. The van der Waals surface area contributed by atoms with Crippen molar-refractivity contribution in [1.82, 2.24) is 9.96 Å². The second-order valence-electron chi connectivity index (χ2n) is 13.1. The quantitative estimate of drug-likeness (QED) is 0.0391. The Morgan fingerprint density at radius 3 is 1.07 bits per heavy atom. The van der Waals surface area contributed by atoms with Crippen molar-refractivity contribution in [3.05, 3.63) is 0 Å². The summed E-state index contributed by atoms with van der Waals surface area (Å²) in [6.07, 6.45) is 32.9. The maximum absolute atomic E-state index is 11.6. The molecular formula is C40H82N2O4. The van der Waals surface area contributed by atoms with Crippen LogP contribution in [0.5, 0.6) is 0 Å². The highest BCUT2D eigenvalue weighted by atomic mass is 16.7. The first-order valence-corrected chi connectivity index (χ1v) is 20.3. The first kappa shape index (κ1) is 47.0. The minimum absolute atomic E-state index is 0.0231. The standard InChI is InChI=1S/C22H45NO2.C18H37NO2/c1-4-7-8-9-10-11-12-13-14-15-16-17-18-19-20-21-22(24)25-23(5-2)6-3;1-4-7-8-9-10-11-12-13-14-15-18(20)21-17-16-19(5-2)6-3/h4-21H2,1-3H3;4-17H2,1-3H3. The van der Waals surface area contributed by atoms with Gasteiger partial charge < -0.3 is 14.5 Å². The van der Waals surface area contributed by atoms with Crippen molar-refractivity contribution in [2.45, 2.75) is 208 Å². The largest absolute Gasteiger partial charge is 0.464 e. The third kappa shape index (κ3) is 37.3. The van der Waals surface area contributed by atoms with Crippen LogP contribution in [0.15, 0.2) is 0 Å². The Bertz CT molecular complexity index is 608. The molecule has 0 aromatic rings. The molecule has 0 atom stereocenters. The number of unbranched alkanes of at least 4 members (excludes halogenated alkanes) is 22. The minimum Gasteiger partial charge on any atom is -0.464 e. The van der Waals surface area contributed by atoms with E-state index in [4.69, 9.17) is 9.57 Å². The Balaban J connectivity index is 0. The normalized spacial score (nSPS) is 11.1. The zero-order valence-electron chi connectivity index (χ0n) is 32.2.